The number of aliphatic hydroxyl groups excluding tert-OH is 1. The van der Waals surface area contributed by atoms with Gasteiger partial charge in [0.1, 0.15) is 0 Å². The highest BCUT2D eigenvalue weighted by Crippen LogP contribution is 2.23. The fourth-order valence-corrected chi connectivity index (χ4v) is 3.26. The Morgan fingerprint density at radius 2 is 1.76 bits per heavy atom. The van der Waals surface area contributed by atoms with Gasteiger partial charge in [-0.05, 0) is 24.3 Å². The predicted octanol–water partition coefficient (Wildman–Crippen LogP) is 0.0115. The van der Waals surface area contributed by atoms with Crippen molar-refractivity contribution in [3.05, 3.63) is 29.3 Å². The van der Waals surface area contributed by atoms with Gasteiger partial charge in [-0.25, -0.2) is 4.90 Å². The van der Waals surface area contributed by atoms with E-state index in [1.165, 1.54) is 4.90 Å². The van der Waals surface area contributed by atoms with Crippen LogP contribution in [0.1, 0.15) is 19.3 Å². The summed E-state index contributed by atoms with van der Waals surface area (Å²) in [5.74, 6) is -0.306. The lowest BCUT2D eigenvalue weighted by Gasteiger charge is -2.29. The van der Waals surface area contributed by atoms with Crippen molar-refractivity contribution in [2.45, 2.75) is 31.4 Å². The van der Waals surface area contributed by atoms with Crippen LogP contribution in [0.15, 0.2) is 24.3 Å². The number of nitrogens with one attached hydrogen (secondary N) is 1. The molecular weight excluding hydrogens is 292 g/mol. The van der Waals surface area contributed by atoms with Crippen LogP contribution in [0, 0.1) is 0 Å². The molecule has 2 fully saturated rings. The second-order valence-corrected chi connectivity index (χ2v) is 6.13. The van der Waals surface area contributed by atoms with E-state index in [0.717, 1.165) is 18.0 Å². The molecule has 1 atom stereocenters. The van der Waals surface area contributed by atoms with Crippen molar-refractivity contribution in [1.82, 2.24) is 0 Å². The zero-order chi connectivity index (χ0) is 15.0. The molecule has 2 aliphatic heterocycles. The molecule has 1 unspecified atom stereocenters. The van der Waals surface area contributed by atoms with Gasteiger partial charge in [0.05, 0.1) is 31.3 Å². The lowest BCUT2D eigenvalue weighted by atomic mass is 10.1. The topological polar surface area (TPSA) is 62.1 Å². The van der Waals surface area contributed by atoms with Crippen molar-refractivity contribution >= 4 is 29.1 Å². The van der Waals surface area contributed by atoms with Crippen molar-refractivity contribution < 1.29 is 19.6 Å². The molecule has 2 aliphatic rings. The number of hydrogen-bond acceptors (Lipinski definition) is 3. The van der Waals surface area contributed by atoms with Gasteiger partial charge in [0.2, 0.25) is 5.91 Å². The molecular formula is C15H18ClN2O3+. The molecule has 0 saturated carbocycles. The standard InChI is InChI=1S/C15H17ClN2O3/c16-10-1-3-11(4-2-10)18-14(20)9-13(15(18)21)17-7-5-12(19)6-8-17/h1-4,12-13,19H,5-9H2/p+1. The molecule has 2 heterocycles. The molecule has 5 nitrogen and oxygen atoms in total. The average Bonchev–Trinajstić information content (AvgIpc) is 2.76. The third-order valence-corrected chi connectivity index (χ3v) is 4.57. The summed E-state index contributed by atoms with van der Waals surface area (Å²) in [6, 6.07) is 6.41. The van der Waals surface area contributed by atoms with Crippen molar-refractivity contribution in [3.8, 4) is 0 Å². The molecule has 3 rings (SSSR count). The van der Waals surface area contributed by atoms with E-state index < -0.39 is 0 Å². The third-order valence-electron chi connectivity index (χ3n) is 4.32. The summed E-state index contributed by atoms with van der Waals surface area (Å²) in [4.78, 5) is 27.1. The lowest BCUT2D eigenvalue weighted by Crippen LogP contribution is -3.17. The number of nitrogens with zero attached hydrogens (tertiary/aromatic N) is 1. The second kappa shape index (κ2) is 5.75. The van der Waals surface area contributed by atoms with Crippen molar-refractivity contribution in [2.24, 2.45) is 0 Å². The minimum Gasteiger partial charge on any atom is -0.393 e. The summed E-state index contributed by atoms with van der Waals surface area (Å²) in [6.45, 7) is 1.47. The number of benzene rings is 1. The normalized spacial score (nSPS) is 30.0. The number of imide groups is 1. The van der Waals surface area contributed by atoms with E-state index in [9.17, 15) is 14.7 Å². The van der Waals surface area contributed by atoms with E-state index in [1.54, 1.807) is 24.3 Å². The Kier molecular flexibility index (Phi) is 3.97. The number of aliphatic hydroxyl groups is 1. The van der Waals surface area contributed by atoms with E-state index in [0.29, 0.717) is 23.6 Å². The molecule has 0 aliphatic carbocycles. The van der Waals surface area contributed by atoms with Gasteiger partial charge in [0.25, 0.3) is 5.91 Å². The van der Waals surface area contributed by atoms with E-state index in [-0.39, 0.29) is 30.4 Å². The molecule has 1 aromatic carbocycles. The summed E-state index contributed by atoms with van der Waals surface area (Å²) in [5.41, 5.74) is 0.577. The molecule has 2 saturated heterocycles. The molecule has 112 valence electrons. The predicted molar refractivity (Wildman–Crippen MR) is 78.3 cm³/mol. The number of carbonyl (C=O) groups excluding carboxylic acids is 2. The van der Waals surface area contributed by atoms with Crippen molar-refractivity contribution in [2.75, 3.05) is 18.0 Å². The van der Waals surface area contributed by atoms with Gasteiger partial charge in [-0.2, -0.15) is 0 Å². The Bertz CT molecular complexity index is 553. The molecule has 0 bridgehead atoms. The van der Waals surface area contributed by atoms with Crippen molar-refractivity contribution in [3.63, 3.8) is 0 Å². The number of likely N-dealkylation sites (tertiary alicyclic amines) is 1. The minimum absolute atomic E-state index is 0.145. The van der Waals surface area contributed by atoms with Gasteiger partial charge in [0.15, 0.2) is 6.04 Å². The molecule has 0 spiro atoms. The Morgan fingerprint density at radius 3 is 2.38 bits per heavy atom. The summed E-state index contributed by atoms with van der Waals surface area (Å²) in [7, 11) is 0. The fraction of sp³-hybridized carbons (Fsp3) is 0.467. The smallest absolute Gasteiger partial charge is 0.292 e. The van der Waals surface area contributed by atoms with E-state index >= 15 is 0 Å². The largest absolute Gasteiger partial charge is 0.393 e. The van der Waals surface area contributed by atoms with Crippen LogP contribution in [0.3, 0.4) is 0 Å². The monoisotopic (exact) mass is 309 g/mol. The lowest BCUT2D eigenvalue weighted by molar-refractivity contribution is -0.920. The van der Waals surface area contributed by atoms with E-state index in [4.69, 9.17) is 11.6 Å². The Morgan fingerprint density at radius 1 is 1.14 bits per heavy atom. The van der Waals surface area contributed by atoms with Gasteiger partial charge in [-0.1, -0.05) is 11.6 Å². The van der Waals surface area contributed by atoms with E-state index in [2.05, 4.69) is 0 Å². The number of amides is 2. The third kappa shape index (κ3) is 2.81. The Hall–Kier alpha value is -1.43. The van der Waals surface area contributed by atoms with Crippen LogP contribution in [0.5, 0.6) is 0 Å². The molecule has 2 amide bonds. The first-order valence-electron chi connectivity index (χ1n) is 7.21. The first-order valence-corrected chi connectivity index (χ1v) is 7.59. The maximum atomic E-state index is 12.6. The number of quaternary nitrogens is 1. The Balaban J connectivity index is 1.77. The zero-order valence-corrected chi connectivity index (χ0v) is 12.3. The van der Waals surface area contributed by atoms with Gasteiger partial charge in [-0.3, -0.25) is 9.59 Å². The van der Waals surface area contributed by atoms with Crippen LogP contribution >= 0.6 is 11.6 Å². The Labute approximate surface area is 128 Å². The second-order valence-electron chi connectivity index (χ2n) is 5.69. The van der Waals surface area contributed by atoms with Crippen LogP contribution in [-0.4, -0.2) is 42.2 Å². The highest BCUT2D eigenvalue weighted by atomic mass is 35.5. The quantitative estimate of drug-likeness (QED) is 0.757. The zero-order valence-electron chi connectivity index (χ0n) is 11.6. The van der Waals surface area contributed by atoms with Gasteiger partial charge < -0.3 is 10.0 Å². The summed E-state index contributed by atoms with van der Waals surface area (Å²) in [5, 5.41) is 10.1. The van der Waals surface area contributed by atoms with Crippen LogP contribution in [-0.2, 0) is 9.59 Å². The number of piperidine rings is 1. The number of halogens is 1. The van der Waals surface area contributed by atoms with Gasteiger partial charge in [0, 0.05) is 17.9 Å². The SMILES string of the molecule is O=C1CC([NH+]2CCC(O)CC2)C(=O)N1c1ccc(Cl)cc1. The summed E-state index contributed by atoms with van der Waals surface area (Å²) < 4.78 is 0. The van der Waals surface area contributed by atoms with Crippen LogP contribution < -0.4 is 9.80 Å². The highest BCUT2D eigenvalue weighted by Gasteiger charge is 2.46. The van der Waals surface area contributed by atoms with Crippen molar-refractivity contribution in [1.29, 1.82) is 0 Å². The number of carbonyl (C=O) groups is 2. The van der Waals surface area contributed by atoms with Crippen LogP contribution in [0.2, 0.25) is 5.02 Å². The first kappa shape index (κ1) is 14.5. The maximum absolute atomic E-state index is 12.6. The molecule has 21 heavy (non-hydrogen) atoms. The fourth-order valence-electron chi connectivity index (χ4n) is 3.13. The molecule has 1 aromatic rings. The van der Waals surface area contributed by atoms with Crippen LogP contribution in [0.25, 0.3) is 0 Å². The van der Waals surface area contributed by atoms with Gasteiger partial charge >= 0.3 is 0 Å². The van der Waals surface area contributed by atoms with Crippen LogP contribution in [0.4, 0.5) is 5.69 Å². The summed E-state index contributed by atoms with van der Waals surface area (Å²) >= 11 is 5.84. The molecule has 0 aromatic heterocycles. The maximum Gasteiger partial charge on any atom is 0.292 e. The number of hydrogen-bond donors (Lipinski definition) is 2. The number of anilines is 1. The average molecular weight is 310 g/mol. The summed E-state index contributed by atoms with van der Waals surface area (Å²) in [6.07, 6.45) is 1.35. The highest BCUT2D eigenvalue weighted by molar-refractivity contribution is 6.30. The molecule has 0 radical (unpaired) electrons. The van der Waals surface area contributed by atoms with E-state index in [1.807, 2.05) is 0 Å². The number of rotatable bonds is 2. The molecule has 6 heteroatoms. The molecule has 2 N–H and O–H groups in total. The van der Waals surface area contributed by atoms with Gasteiger partial charge in [-0.15, -0.1) is 0 Å². The first-order chi connectivity index (χ1) is 10.1. The minimum atomic E-state index is -0.319.